The number of nitrogens with one attached hydrogen (secondary N) is 1. The Bertz CT molecular complexity index is 1370. The minimum Gasteiger partial charge on any atom is -0.495 e. The summed E-state index contributed by atoms with van der Waals surface area (Å²) < 4.78 is 24.6. The van der Waals surface area contributed by atoms with Crippen LogP contribution in [0.5, 0.6) is 5.75 Å². The molecule has 0 bridgehead atoms. The highest BCUT2D eigenvalue weighted by molar-refractivity contribution is 6.00. The highest BCUT2D eigenvalue weighted by Gasteiger charge is 2.27. The fourth-order valence-corrected chi connectivity index (χ4v) is 3.63. The van der Waals surface area contributed by atoms with E-state index < -0.39 is 23.8 Å². The van der Waals surface area contributed by atoms with Gasteiger partial charge in [0.05, 0.1) is 29.6 Å². The number of amides is 1. The number of methoxy groups -OCH3 is 1. The number of hydrogen-bond acceptors (Lipinski definition) is 5. The van der Waals surface area contributed by atoms with Crippen LogP contribution in [0.25, 0.3) is 10.9 Å². The molecule has 1 atom stereocenters. The topological polar surface area (TPSA) is 77.5 Å². The molecule has 0 aliphatic carbocycles. The molecule has 0 saturated carbocycles. The predicted molar refractivity (Wildman–Crippen MR) is 127 cm³/mol. The van der Waals surface area contributed by atoms with Crippen molar-refractivity contribution in [3.8, 4) is 5.75 Å². The predicted octanol–water partition coefficient (Wildman–Crippen LogP) is 5.54. The molecule has 6 nitrogen and oxygen atoms in total. The first kappa shape index (κ1) is 22.9. The maximum atomic E-state index is 13.5. The van der Waals surface area contributed by atoms with E-state index in [-0.39, 0.29) is 5.56 Å². The van der Waals surface area contributed by atoms with Gasteiger partial charge in [0.25, 0.3) is 5.91 Å². The number of rotatable bonds is 6. The summed E-state index contributed by atoms with van der Waals surface area (Å²) in [4.78, 5) is 30.8. The van der Waals surface area contributed by atoms with Crippen LogP contribution < -0.4 is 10.1 Å². The Morgan fingerprint density at radius 3 is 2.47 bits per heavy atom. The van der Waals surface area contributed by atoms with Crippen LogP contribution in [0.1, 0.15) is 33.3 Å². The second-order valence-corrected chi connectivity index (χ2v) is 7.85. The molecule has 1 amide bonds. The van der Waals surface area contributed by atoms with Crippen molar-refractivity contribution in [1.29, 1.82) is 0 Å². The summed E-state index contributed by atoms with van der Waals surface area (Å²) in [5.41, 5.74) is 2.90. The van der Waals surface area contributed by atoms with Gasteiger partial charge in [0, 0.05) is 17.0 Å². The fraction of sp³-hybridized carbons (Fsp3) is 0.148. The molecule has 0 aliphatic rings. The standard InChI is InChI=1S/C27H23FN2O4/c1-16-9-12-24(33-3)23(13-16)30-26(31)25(18-7-5-4-6-8-18)34-27(32)21-14-19-10-11-20(28)15-22(19)29-17(21)2/h4-15,25H,1-3H3,(H,30,31). The Balaban J connectivity index is 1.66. The van der Waals surface area contributed by atoms with Crippen LogP contribution >= 0.6 is 0 Å². The first-order valence-corrected chi connectivity index (χ1v) is 10.6. The number of anilines is 1. The van der Waals surface area contributed by atoms with Crippen molar-refractivity contribution >= 4 is 28.5 Å². The van der Waals surface area contributed by atoms with Crippen molar-refractivity contribution < 1.29 is 23.5 Å². The molecular formula is C27H23FN2O4. The van der Waals surface area contributed by atoms with Crippen molar-refractivity contribution in [2.45, 2.75) is 20.0 Å². The molecule has 1 aromatic heterocycles. The number of carbonyl (C=O) groups is 2. The van der Waals surface area contributed by atoms with Crippen LogP contribution in [0.2, 0.25) is 0 Å². The molecule has 0 spiro atoms. The summed E-state index contributed by atoms with van der Waals surface area (Å²) in [5, 5.41) is 3.40. The summed E-state index contributed by atoms with van der Waals surface area (Å²) >= 11 is 0. The Kier molecular flexibility index (Phi) is 6.54. The molecule has 4 rings (SSSR count). The van der Waals surface area contributed by atoms with Gasteiger partial charge in [-0.1, -0.05) is 36.4 Å². The molecule has 34 heavy (non-hydrogen) atoms. The normalized spacial score (nSPS) is 11.6. The lowest BCUT2D eigenvalue weighted by molar-refractivity contribution is -0.125. The van der Waals surface area contributed by atoms with Gasteiger partial charge in [-0.25, -0.2) is 9.18 Å². The number of aromatic nitrogens is 1. The van der Waals surface area contributed by atoms with Gasteiger partial charge in [-0.05, 0) is 49.7 Å². The number of ether oxygens (including phenoxy) is 2. The monoisotopic (exact) mass is 458 g/mol. The zero-order valence-electron chi connectivity index (χ0n) is 19.0. The highest BCUT2D eigenvalue weighted by atomic mass is 19.1. The number of aryl methyl sites for hydroxylation is 2. The Morgan fingerprint density at radius 2 is 1.74 bits per heavy atom. The van der Waals surface area contributed by atoms with Crippen molar-refractivity contribution in [1.82, 2.24) is 4.98 Å². The maximum Gasteiger partial charge on any atom is 0.341 e. The van der Waals surface area contributed by atoms with E-state index in [1.54, 1.807) is 61.5 Å². The minimum absolute atomic E-state index is 0.195. The maximum absolute atomic E-state index is 13.5. The first-order valence-electron chi connectivity index (χ1n) is 10.6. The summed E-state index contributed by atoms with van der Waals surface area (Å²) in [6.45, 7) is 3.53. The average molecular weight is 458 g/mol. The molecule has 1 N–H and O–H groups in total. The fourth-order valence-electron chi connectivity index (χ4n) is 3.63. The molecule has 3 aromatic carbocycles. The van der Waals surface area contributed by atoms with Gasteiger partial charge in [-0.2, -0.15) is 0 Å². The van der Waals surface area contributed by atoms with E-state index in [9.17, 15) is 14.0 Å². The molecule has 0 aliphatic heterocycles. The second-order valence-electron chi connectivity index (χ2n) is 7.85. The van der Waals surface area contributed by atoms with Crippen LogP contribution in [-0.4, -0.2) is 24.0 Å². The third-order valence-electron chi connectivity index (χ3n) is 5.37. The smallest absolute Gasteiger partial charge is 0.341 e. The molecule has 1 heterocycles. The van der Waals surface area contributed by atoms with Gasteiger partial charge >= 0.3 is 5.97 Å². The third kappa shape index (κ3) is 4.88. The van der Waals surface area contributed by atoms with E-state index in [1.165, 1.54) is 19.2 Å². The van der Waals surface area contributed by atoms with Crippen LogP contribution in [0.15, 0.2) is 72.8 Å². The Hall–Kier alpha value is -4.26. The van der Waals surface area contributed by atoms with Crippen LogP contribution in [-0.2, 0) is 9.53 Å². The number of carbonyl (C=O) groups excluding carboxylic acids is 2. The molecule has 1 unspecified atom stereocenters. The Labute approximate surface area is 196 Å². The number of benzene rings is 3. The van der Waals surface area contributed by atoms with E-state index in [0.29, 0.717) is 33.6 Å². The zero-order valence-corrected chi connectivity index (χ0v) is 19.0. The van der Waals surface area contributed by atoms with Crippen LogP contribution in [0.4, 0.5) is 10.1 Å². The highest BCUT2D eigenvalue weighted by Crippen LogP contribution is 2.29. The second kappa shape index (κ2) is 9.70. The Morgan fingerprint density at radius 1 is 0.971 bits per heavy atom. The lowest BCUT2D eigenvalue weighted by Gasteiger charge is -2.20. The van der Waals surface area contributed by atoms with Crippen molar-refractivity contribution in [3.05, 3.63) is 101 Å². The largest absolute Gasteiger partial charge is 0.495 e. The zero-order chi connectivity index (χ0) is 24.2. The van der Waals surface area contributed by atoms with Gasteiger partial charge in [0.1, 0.15) is 11.6 Å². The van der Waals surface area contributed by atoms with E-state index in [4.69, 9.17) is 9.47 Å². The molecular weight excluding hydrogens is 435 g/mol. The molecule has 7 heteroatoms. The lowest BCUT2D eigenvalue weighted by atomic mass is 10.1. The molecule has 0 saturated heterocycles. The number of halogens is 1. The number of nitrogens with zero attached hydrogens (tertiary/aromatic N) is 1. The first-order chi connectivity index (χ1) is 16.4. The number of hydrogen-bond donors (Lipinski definition) is 1. The summed E-state index contributed by atoms with van der Waals surface area (Å²) in [6, 6.07) is 19.9. The van der Waals surface area contributed by atoms with Gasteiger partial charge in [0.2, 0.25) is 6.10 Å². The van der Waals surface area contributed by atoms with Crippen molar-refractivity contribution in [2.75, 3.05) is 12.4 Å². The third-order valence-corrected chi connectivity index (χ3v) is 5.37. The molecule has 0 fully saturated rings. The molecule has 172 valence electrons. The van der Waals surface area contributed by atoms with E-state index in [0.717, 1.165) is 5.56 Å². The van der Waals surface area contributed by atoms with Crippen LogP contribution in [0.3, 0.4) is 0 Å². The van der Waals surface area contributed by atoms with E-state index in [1.807, 2.05) is 13.0 Å². The van der Waals surface area contributed by atoms with Gasteiger partial charge in [-0.15, -0.1) is 0 Å². The SMILES string of the molecule is COc1ccc(C)cc1NC(=O)C(OC(=O)c1cc2ccc(F)cc2nc1C)c1ccccc1. The quantitative estimate of drug-likeness (QED) is 0.384. The van der Waals surface area contributed by atoms with Crippen LogP contribution in [0, 0.1) is 19.7 Å². The summed E-state index contributed by atoms with van der Waals surface area (Å²) in [7, 11) is 1.51. The summed E-state index contributed by atoms with van der Waals surface area (Å²) in [5.74, 6) is -1.17. The van der Waals surface area contributed by atoms with Gasteiger partial charge in [-0.3, -0.25) is 9.78 Å². The van der Waals surface area contributed by atoms with Gasteiger partial charge in [0.15, 0.2) is 0 Å². The minimum atomic E-state index is -1.22. The molecule has 4 aromatic rings. The van der Waals surface area contributed by atoms with Crippen molar-refractivity contribution in [2.24, 2.45) is 0 Å². The van der Waals surface area contributed by atoms with Gasteiger partial charge < -0.3 is 14.8 Å². The van der Waals surface area contributed by atoms with E-state index >= 15 is 0 Å². The number of fused-ring (bicyclic) bond motifs is 1. The number of esters is 1. The average Bonchev–Trinajstić information content (AvgIpc) is 2.82. The molecule has 0 radical (unpaired) electrons. The van der Waals surface area contributed by atoms with Crippen molar-refractivity contribution in [3.63, 3.8) is 0 Å². The lowest BCUT2D eigenvalue weighted by Crippen LogP contribution is -2.26. The van der Waals surface area contributed by atoms with E-state index in [2.05, 4.69) is 10.3 Å². The number of pyridine rings is 1. The summed E-state index contributed by atoms with van der Waals surface area (Å²) in [6.07, 6.45) is -1.22.